The van der Waals surface area contributed by atoms with E-state index < -0.39 is 0 Å². The number of hydrogen-bond acceptors (Lipinski definition) is 5. The zero-order valence-corrected chi connectivity index (χ0v) is 16.7. The van der Waals surface area contributed by atoms with Crippen molar-refractivity contribution >= 4 is 11.5 Å². The Bertz CT molecular complexity index is 943. The number of methoxy groups -OCH3 is 1. The topological polar surface area (TPSA) is 73.2 Å². The van der Waals surface area contributed by atoms with E-state index in [0.29, 0.717) is 41.4 Å². The fourth-order valence-electron chi connectivity index (χ4n) is 3.63. The number of Topliss-reactive ketones (excluding diaryl/α,β-unsaturated/α-hetero) is 1. The van der Waals surface area contributed by atoms with Crippen LogP contribution in [0.25, 0.3) is 11.4 Å². The van der Waals surface area contributed by atoms with Gasteiger partial charge < -0.3 is 10.1 Å². The van der Waals surface area contributed by atoms with Crippen LogP contribution in [-0.2, 0) is 13.5 Å². The molecular weight excluding hydrogens is 342 g/mol. The van der Waals surface area contributed by atoms with Crippen LogP contribution in [0.2, 0.25) is 0 Å². The molecule has 3 rings (SSSR count). The van der Waals surface area contributed by atoms with E-state index in [1.54, 1.807) is 24.8 Å². The molecule has 0 aliphatic heterocycles. The minimum absolute atomic E-state index is 0.108. The summed E-state index contributed by atoms with van der Waals surface area (Å²) in [6.07, 6.45) is 3.11. The fraction of sp³-hybridized carbons (Fsp3) is 0.476. The zero-order chi connectivity index (χ0) is 19.7. The first kappa shape index (κ1) is 19.1. The van der Waals surface area contributed by atoms with Crippen LogP contribution in [0.5, 0.6) is 5.75 Å². The van der Waals surface area contributed by atoms with Gasteiger partial charge in [0, 0.05) is 25.1 Å². The number of ketones is 1. The Morgan fingerprint density at radius 3 is 2.52 bits per heavy atom. The van der Waals surface area contributed by atoms with Crippen LogP contribution in [0.4, 0.5) is 5.69 Å². The third-order valence-electron chi connectivity index (χ3n) is 5.39. The first-order valence-corrected chi connectivity index (χ1v) is 9.49. The number of benzene rings is 1. The van der Waals surface area contributed by atoms with Gasteiger partial charge in [-0.1, -0.05) is 13.8 Å². The van der Waals surface area contributed by atoms with Crippen LogP contribution in [0.15, 0.2) is 16.9 Å². The molecule has 1 aliphatic carbocycles. The smallest absolute Gasteiger partial charge is 0.277 e. The maximum absolute atomic E-state index is 13.0. The normalized spacial score (nSPS) is 13.2. The third-order valence-corrected chi connectivity index (χ3v) is 5.39. The highest BCUT2D eigenvalue weighted by molar-refractivity contribution is 6.01. The summed E-state index contributed by atoms with van der Waals surface area (Å²) in [6, 6.07) is 3.95. The number of carbonyl (C=O) groups excluding carboxylic acids is 1. The quantitative estimate of drug-likeness (QED) is 0.844. The number of nitrogens with one attached hydrogen (secondary N) is 1. The molecule has 0 atom stereocenters. The molecule has 1 N–H and O–H groups in total. The van der Waals surface area contributed by atoms with Gasteiger partial charge in [-0.05, 0) is 43.9 Å². The number of nitrogens with zero attached hydrogens (tertiary/aromatic N) is 2. The van der Waals surface area contributed by atoms with Gasteiger partial charge in [-0.15, -0.1) is 0 Å². The summed E-state index contributed by atoms with van der Waals surface area (Å²) in [5.74, 6) is 1.25. The Hall–Kier alpha value is -2.63. The summed E-state index contributed by atoms with van der Waals surface area (Å²) >= 11 is 0. The van der Waals surface area contributed by atoms with Crippen LogP contribution in [-0.4, -0.2) is 28.5 Å². The van der Waals surface area contributed by atoms with E-state index in [4.69, 9.17) is 9.72 Å². The molecule has 0 saturated heterocycles. The van der Waals surface area contributed by atoms with E-state index in [2.05, 4.69) is 19.2 Å². The van der Waals surface area contributed by atoms with Gasteiger partial charge in [-0.25, -0.2) is 4.98 Å². The van der Waals surface area contributed by atoms with E-state index in [0.717, 1.165) is 24.0 Å². The lowest BCUT2D eigenvalue weighted by atomic mass is 10.0. The molecule has 144 valence electrons. The van der Waals surface area contributed by atoms with E-state index >= 15 is 0 Å². The minimum atomic E-state index is -0.108. The molecule has 0 spiro atoms. The summed E-state index contributed by atoms with van der Waals surface area (Å²) < 4.78 is 7.07. The molecule has 1 aliphatic rings. The second-order valence-corrected chi connectivity index (χ2v) is 7.05. The zero-order valence-electron chi connectivity index (χ0n) is 16.7. The number of carbonyl (C=O) groups is 1. The van der Waals surface area contributed by atoms with Gasteiger partial charge in [-0.3, -0.25) is 14.2 Å². The molecule has 1 aromatic carbocycles. The average Bonchev–Trinajstić information content (AvgIpc) is 3.04. The van der Waals surface area contributed by atoms with E-state index in [9.17, 15) is 9.59 Å². The van der Waals surface area contributed by atoms with Gasteiger partial charge in [0.05, 0.1) is 18.4 Å². The van der Waals surface area contributed by atoms with Crippen LogP contribution >= 0.6 is 0 Å². The molecule has 27 heavy (non-hydrogen) atoms. The molecular formula is C21H27N3O3. The van der Waals surface area contributed by atoms with Crippen molar-refractivity contribution in [3.63, 3.8) is 0 Å². The van der Waals surface area contributed by atoms with E-state index in [1.807, 2.05) is 13.0 Å². The lowest BCUT2D eigenvalue weighted by Gasteiger charge is -2.20. The van der Waals surface area contributed by atoms with Crippen molar-refractivity contribution in [1.29, 1.82) is 0 Å². The lowest BCUT2D eigenvalue weighted by Crippen LogP contribution is -2.29. The molecule has 1 aromatic heterocycles. The highest BCUT2D eigenvalue weighted by atomic mass is 16.5. The van der Waals surface area contributed by atoms with Crippen molar-refractivity contribution in [2.45, 2.75) is 52.5 Å². The van der Waals surface area contributed by atoms with Crippen molar-refractivity contribution < 1.29 is 9.53 Å². The fourth-order valence-corrected chi connectivity index (χ4v) is 3.63. The number of hydrogen-bond donors (Lipinski definition) is 1. The van der Waals surface area contributed by atoms with Crippen LogP contribution < -0.4 is 15.6 Å². The SMILES string of the molecule is CCC(CC)Nc1c(C)nc(-c2cc3c(cc2OC)C(=O)CC3)n(C)c1=O. The summed E-state index contributed by atoms with van der Waals surface area (Å²) in [6.45, 7) is 6.04. The average molecular weight is 369 g/mol. The standard InChI is InChI=1S/C21H27N3O3/c1-6-14(7-2)23-19-12(3)22-20(24(4)21(19)26)16-10-13-8-9-17(25)15(13)11-18(16)27-5/h10-11,14,23H,6-9H2,1-5H3. The maximum atomic E-state index is 13.0. The van der Waals surface area contributed by atoms with Gasteiger partial charge >= 0.3 is 0 Å². The summed E-state index contributed by atoms with van der Waals surface area (Å²) in [5.41, 5.74) is 3.54. The lowest BCUT2D eigenvalue weighted by molar-refractivity contribution is 0.0994. The van der Waals surface area contributed by atoms with E-state index in [1.165, 1.54) is 0 Å². The van der Waals surface area contributed by atoms with Gasteiger partial charge in [0.1, 0.15) is 17.3 Å². The Morgan fingerprint density at radius 1 is 1.19 bits per heavy atom. The van der Waals surface area contributed by atoms with Gasteiger partial charge in [-0.2, -0.15) is 0 Å². The van der Waals surface area contributed by atoms with Crippen molar-refractivity contribution in [2.75, 3.05) is 12.4 Å². The van der Waals surface area contributed by atoms with Crippen molar-refractivity contribution in [3.05, 3.63) is 39.3 Å². The van der Waals surface area contributed by atoms with Crippen molar-refractivity contribution in [1.82, 2.24) is 9.55 Å². The van der Waals surface area contributed by atoms with Gasteiger partial charge in [0.15, 0.2) is 5.78 Å². The molecule has 0 amide bonds. The molecule has 6 nitrogen and oxygen atoms in total. The summed E-state index contributed by atoms with van der Waals surface area (Å²) in [5, 5.41) is 3.34. The minimum Gasteiger partial charge on any atom is -0.496 e. The third kappa shape index (κ3) is 3.36. The molecule has 1 heterocycles. The Morgan fingerprint density at radius 2 is 1.89 bits per heavy atom. The largest absolute Gasteiger partial charge is 0.496 e. The number of ether oxygens (including phenoxy) is 1. The van der Waals surface area contributed by atoms with E-state index in [-0.39, 0.29) is 17.4 Å². The molecule has 6 heteroatoms. The molecule has 2 aromatic rings. The predicted octanol–water partition coefficient (Wildman–Crippen LogP) is 3.49. The molecule has 0 fully saturated rings. The van der Waals surface area contributed by atoms with Crippen molar-refractivity contribution in [3.8, 4) is 17.1 Å². The molecule has 0 bridgehead atoms. The first-order valence-electron chi connectivity index (χ1n) is 9.49. The second-order valence-electron chi connectivity index (χ2n) is 7.05. The Balaban J connectivity index is 2.14. The molecule has 0 unspecified atom stereocenters. The summed E-state index contributed by atoms with van der Waals surface area (Å²) in [4.78, 5) is 29.7. The molecule has 0 saturated carbocycles. The number of aryl methyl sites for hydroxylation is 2. The van der Waals surface area contributed by atoms with Crippen molar-refractivity contribution in [2.24, 2.45) is 7.05 Å². The predicted molar refractivity (Wildman–Crippen MR) is 107 cm³/mol. The number of anilines is 1. The Kier molecular flexibility index (Phi) is 5.35. The maximum Gasteiger partial charge on any atom is 0.277 e. The van der Waals surface area contributed by atoms with Gasteiger partial charge in [0.2, 0.25) is 0 Å². The van der Waals surface area contributed by atoms with Gasteiger partial charge in [0.25, 0.3) is 5.56 Å². The number of aromatic nitrogens is 2. The summed E-state index contributed by atoms with van der Waals surface area (Å²) in [7, 11) is 3.29. The Labute approximate surface area is 159 Å². The highest BCUT2D eigenvalue weighted by Crippen LogP contribution is 2.35. The number of rotatable bonds is 6. The second kappa shape index (κ2) is 7.55. The highest BCUT2D eigenvalue weighted by Gasteiger charge is 2.25. The molecule has 0 radical (unpaired) electrons. The van der Waals surface area contributed by atoms with Crippen LogP contribution in [0.3, 0.4) is 0 Å². The monoisotopic (exact) mass is 369 g/mol. The first-order chi connectivity index (χ1) is 12.9. The van der Waals surface area contributed by atoms with Crippen LogP contribution in [0.1, 0.15) is 54.7 Å². The number of fused-ring (bicyclic) bond motifs is 1. The van der Waals surface area contributed by atoms with Crippen LogP contribution in [0, 0.1) is 6.92 Å².